The Morgan fingerprint density at radius 2 is 1.84 bits per heavy atom. The summed E-state index contributed by atoms with van der Waals surface area (Å²) < 4.78 is 37.8. The van der Waals surface area contributed by atoms with Crippen molar-refractivity contribution >= 4 is 23.1 Å². The average Bonchev–Trinajstić information content (AvgIpc) is 2.92. The molecule has 0 saturated carbocycles. The molecule has 3 rings (SSSR count). The fraction of sp³-hybridized carbons (Fsp3) is 0.438. The van der Waals surface area contributed by atoms with Crippen LogP contribution in [0.1, 0.15) is 25.9 Å². The third-order valence-electron chi connectivity index (χ3n) is 4.06. The molecule has 2 aromatic rings. The van der Waals surface area contributed by atoms with Crippen molar-refractivity contribution in [3.8, 4) is 0 Å². The lowest BCUT2D eigenvalue weighted by atomic mass is 10.2. The Morgan fingerprint density at radius 3 is 2.32 bits per heavy atom. The molecule has 5 nitrogen and oxygen atoms in total. The first-order valence-corrected chi connectivity index (χ1v) is 8.59. The number of rotatable bonds is 2. The zero-order valence-corrected chi connectivity index (χ0v) is 14.6. The Labute approximate surface area is 147 Å². The van der Waals surface area contributed by atoms with Gasteiger partial charge in [0.25, 0.3) is 5.91 Å². The van der Waals surface area contributed by atoms with Gasteiger partial charge in [-0.2, -0.15) is 13.2 Å². The molecule has 1 saturated heterocycles. The van der Waals surface area contributed by atoms with Crippen molar-refractivity contribution in [3.05, 3.63) is 39.5 Å². The molecule has 0 spiro atoms. The van der Waals surface area contributed by atoms with E-state index in [-0.39, 0.29) is 5.91 Å². The fourth-order valence-corrected chi connectivity index (χ4v) is 3.64. The molecule has 9 heteroatoms. The minimum Gasteiger partial charge on any atom is -0.353 e. The van der Waals surface area contributed by atoms with Crippen LogP contribution in [0.5, 0.6) is 0 Å². The number of aromatic nitrogens is 2. The number of anilines is 1. The molecule has 3 heterocycles. The van der Waals surface area contributed by atoms with E-state index >= 15 is 0 Å². The molecule has 1 aliphatic heterocycles. The van der Waals surface area contributed by atoms with Gasteiger partial charge in [-0.05, 0) is 26.0 Å². The molecule has 134 valence electrons. The molecule has 0 aromatic carbocycles. The van der Waals surface area contributed by atoms with Crippen LogP contribution in [-0.2, 0) is 6.18 Å². The van der Waals surface area contributed by atoms with Gasteiger partial charge in [-0.1, -0.05) is 0 Å². The van der Waals surface area contributed by atoms with Gasteiger partial charge in [0, 0.05) is 32.4 Å². The molecular formula is C16H17F3N4OS. The Kier molecular flexibility index (Phi) is 4.68. The van der Waals surface area contributed by atoms with Crippen LogP contribution in [0.2, 0.25) is 0 Å². The molecule has 0 bridgehead atoms. The van der Waals surface area contributed by atoms with Gasteiger partial charge in [0.2, 0.25) is 0 Å². The summed E-state index contributed by atoms with van der Waals surface area (Å²) in [4.78, 5) is 25.0. The second-order valence-electron chi connectivity index (χ2n) is 5.83. The van der Waals surface area contributed by atoms with Crippen LogP contribution in [0.25, 0.3) is 0 Å². The summed E-state index contributed by atoms with van der Waals surface area (Å²) >= 11 is 1.38. The maximum absolute atomic E-state index is 12.6. The van der Waals surface area contributed by atoms with Gasteiger partial charge in [0.1, 0.15) is 10.7 Å². The summed E-state index contributed by atoms with van der Waals surface area (Å²) in [5.74, 6) is 0.452. The third-order valence-corrected chi connectivity index (χ3v) is 5.12. The van der Waals surface area contributed by atoms with Gasteiger partial charge >= 0.3 is 6.18 Å². The Morgan fingerprint density at radius 1 is 1.16 bits per heavy atom. The number of carbonyl (C=O) groups excluding carboxylic acids is 1. The molecule has 25 heavy (non-hydrogen) atoms. The molecule has 0 aliphatic carbocycles. The maximum atomic E-state index is 12.6. The van der Waals surface area contributed by atoms with Crippen molar-refractivity contribution in [1.29, 1.82) is 0 Å². The van der Waals surface area contributed by atoms with E-state index in [1.807, 2.05) is 18.7 Å². The number of alkyl halides is 3. The summed E-state index contributed by atoms with van der Waals surface area (Å²) in [6.45, 7) is 5.74. The van der Waals surface area contributed by atoms with Crippen molar-refractivity contribution < 1.29 is 18.0 Å². The van der Waals surface area contributed by atoms with Crippen LogP contribution >= 0.6 is 11.3 Å². The zero-order valence-electron chi connectivity index (χ0n) is 13.8. The van der Waals surface area contributed by atoms with Crippen molar-refractivity contribution in [2.24, 2.45) is 0 Å². The molecule has 1 fully saturated rings. The zero-order chi connectivity index (χ0) is 18.2. The van der Waals surface area contributed by atoms with Crippen molar-refractivity contribution in [3.63, 3.8) is 0 Å². The highest BCUT2D eigenvalue weighted by molar-refractivity contribution is 7.13. The number of halogens is 3. The van der Waals surface area contributed by atoms with E-state index in [0.29, 0.717) is 36.9 Å². The molecule has 0 N–H and O–H groups in total. The maximum Gasteiger partial charge on any atom is 0.417 e. The second-order valence-corrected chi connectivity index (χ2v) is 7.03. The molecule has 1 amide bonds. The normalized spacial score (nSPS) is 15.6. The van der Waals surface area contributed by atoms with E-state index in [1.165, 1.54) is 17.4 Å². The SMILES string of the molecule is Cc1nc(C)c(C(=O)N2CCN(c3ccc(C(F)(F)F)cn3)CC2)s1. The summed E-state index contributed by atoms with van der Waals surface area (Å²) in [5, 5.41) is 0.855. The summed E-state index contributed by atoms with van der Waals surface area (Å²) in [6.07, 6.45) is -3.54. The first-order chi connectivity index (χ1) is 11.8. The summed E-state index contributed by atoms with van der Waals surface area (Å²) in [7, 11) is 0. The van der Waals surface area contributed by atoms with Crippen LogP contribution in [0.15, 0.2) is 18.3 Å². The average molecular weight is 370 g/mol. The van der Waals surface area contributed by atoms with Crippen molar-refractivity contribution in [2.45, 2.75) is 20.0 Å². The number of amides is 1. The van der Waals surface area contributed by atoms with Crippen LogP contribution in [-0.4, -0.2) is 47.0 Å². The number of aryl methyl sites for hydroxylation is 2. The molecule has 0 radical (unpaired) electrons. The molecule has 0 atom stereocenters. The van der Waals surface area contributed by atoms with Gasteiger partial charge in [-0.3, -0.25) is 4.79 Å². The number of hydrogen-bond donors (Lipinski definition) is 0. The Hall–Kier alpha value is -2.16. The van der Waals surface area contributed by atoms with E-state index in [0.717, 1.165) is 23.0 Å². The number of nitrogens with zero attached hydrogens (tertiary/aromatic N) is 4. The quantitative estimate of drug-likeness (QED) is 0.815. The molecule has 1 aliphatic rings. The van der Waals surface area contributed by atoms with Crippen LogP contribution < -0.4 is 4.90 Å². The van der Waals surface area contributed by atoms with Crippen LogP contribution in [0.4, 0.5) is 19.0 Å². The van der Waals surface area contributed by atoms with Gasteiger partial charge in [0.05, 0.1) is 16.3 Å². The van der Waals surface area contributed by atoms with E-state index in [9.17, 15) is 18.0 Å². The lowest BCUT2D eigenvalue weighted by molar-refractivity contribution is -0.137. The van der Waals surface area contributed by atoms with Crippen LogP contribution in [0, 0.1) is 13.8 Å². The highest BCUT2D eigenvalue weighted by Gasteiger charge is 2.31. The van der Waals surface area contributed by atoms with E-state index < -0.39 is 11.7 Å². The number of pyridine rings is 1. The smallest absolute Gasteiger partial charge is 0.353 e. The fourth-order valence-electron chi connectivity index (χ4n) is 2.75. The highest BCUT2D eigenvalue weighted by atomic mass is 32.1. The molecule has 0 unspecified atom stereocenters. The lowest BCUT2D eigenvalue weighted by Crippen LogP contribution is -2.49. The Balaban J connectivity index is 1.64. The summed E-state index contributed by atoms with van der Waals surface area (Å²) in [6, 6.07) is 2.40. The van der Waals surface area contributed by atoms with E-state index in [4.69, 9.17) is 0 Å². The van der Waals surface area contributed by atoms with E-state index in [2.05, 4.69) is 9.97 Å². The first kappa shape index (κ1) is 17.7. The van der Waals surface area contributed by atoms with Crippen molar-refractivity contribution in [2.75, 3.05) is 31.1 Å². The number of hydrogen-bond acceptors (Lipinski definition) is 5. The largest absolute Gasteiger partial charge is 0.417 e. The van der Waals surface area contributed by atoms with Crippen molar-refractivity contribution in [1.82, 2.24) is 14.9 Å². The second kappa shape index (κ2) is 6.62. The number of thiazole rings is 1. The molecular weight excluding hydrogens is 353 g/mol. The number of piperazine rings is 1. The summed E-state index contributed by atoms with van der Waals surface area (Å²) in [5.41, 5.74) is -0.0274. The predicted molar refractivity (Wildman–Crippen MR) is 88.9 cm³/mol. The Bertz CT molecular complexity index is 765. The van der Waals surface area contributed by atoms with Gasteiger partial charge in [0.15, 0.2) is 0 Å². The van der Waals surface area contributed by atoms with Crippen LogP contribution in [0.3, 0.4) is 0 Å². The van der Waals surface area contributed by atoms with Gasteiger partial charge in [-0.15, -0.1) is 11.3 Å². The van der Waals surface area contributed by atoms with Gasteiger partial charge < -0.3 is 9.80 Å². The predicted octanol–water partition coefficient (Wildman–Crippen LogP) is 3.14. The topological polar surface area (TPSA) is 49.3 Å². The standard InChI is InChI=1S/C16H17F3N4OS/c1-10-14(25-11(2)21-10)15(24)23-7-5-22(6-8-23)13-4-3-12(9-20-13)16(17,18)19/h3-4,9H,5-8H2,1-2H3. The monoisotopic (exact) mass is 370 g/mol. The van der Waals surface area contributed by atoms with Gasteiger partial charge in [-0.25, -0.2) is 9.97 Å². The van der Waals surface area contributed by atoms with E-state index in [1.54, 1.807) is 4.90 Å². The lowest BCUT2D eigenvalue weighted by Gasteiger charge is -2.35. The first-order valence-electron chi connectivity index (χ1n) is 7.77. The number of carbonyl (C=O) groups is 1. The third kappa shape index (κ3) is 3.76. The minimum atomic E-state index is -4.39. The molecule has 2 aromatic heterocycles. The minimum absolute atomic E-state index is 0.0388. The highest BCUT2D eigenvalue weighted by Crippen LogP contribution is 2.29.